The molecule has 0 aliphatic rings. The fourth-order valence-corrected chi connectivity index (χ4v) is 1.63. The number of benzene rings is 1. The van der Waals surface area contributed by atoms with Crippen molar-refractivity contribution in [3.63, 3.8) is 0 Å². The van der Waals surface area contributed by atoms with Gasteiger partial charge in [0.25, 0.3) is 0 Å². The number of oxime groups is 1. The molecule has 0 fully saturated rings. The van der Waals surface area contributed by atoms with Crippen LogP contribution in [0, 0.1) is 5.92 Å². The molecule has 4 N–H and O–H groups in total. The smallest absolute Gasteiger partial charge is 0.235 e. The number of amides is 1. The number of hydrogen-bond acceptors (Lipinski definition) is 3. The van der Waals surface area contributed by atoms with Crippen LogP contribution in [0.15, 0.2) is 35.5 Å². The van der Waals surface area contributed by atoms with Crippen LogP contribution >= 0.6 is 0 Å². The van der Waals surface area contributed by atoms with Crippen molar-refractivity contribution >= 4 is 11.7 Å². The zero-order valence-corrected chi connectivity index (χ0v) is 11.5. The van der Waals surface area contributed by atoms with Gasteiger partial charge in [0, 0.05) is 6.04 Å². The summed E-state index contributed by atoms with van der Waals surface area (Å²) in [5, 5.41) is 14.7. The van der Waals surface area contributed by atoms with E-state index >= 15 is 0 Å². The summed E-state index contributed by atoms with van der Waals surface area (Å²) >= 11 is 0. The molecule has 19 heavy (non-hydrogen) atoms. The molecule has 0 aliphatic heterocycles. The summed E-state index contributed by atoms with van der Waals surface area (Å²) in [4.78, 5) is 12.3. The highest BCUT2D eigenvalue weighted by molar-refractivity contribution is 6.07. The molecule has 0 bridgehead atoms. The molecule has 5 nitrogen and oxygen atoms in total. The van der Waals surface area contributed by atoms with Gasteiger partial charge < -0.3 is 16.3 Å². The molecule has 0 aromatic heterocycles. The van der Waals surface area contributed by atoms with Crippen LogP contribution in [0.5, 0.6) is 0 Å². The Balaban J connectivity index is 2.96. The van der Waals surface area contributed by atoms with E-state index in [4.69, 9.17) is 10.9 Å². The summed E-state index contributed by atoms with van der Waals surface area (Å²) in [7, 11) is 0. The summed E-state index contributed by atoms with van der Waals surface area (Å²) in [5.74, 6) is -0.831. The second-order valence-corrected chi connectivity index (χ2v) is 4.91. The predicted octanol–water partition coefficient (Wildman–Crippen LogP) is 1.68. The van der Waals surface area contributed by atoms with Crippen molar-refractivity contribution in [1.82, 2.24) is 5.32 Å². The van der Waals surface area contributed by atoms with Crippen LogP contribution in [0.25, 0.3) is 0 Å². The maximum atomic E-state index is 12.3. The second-order valence-electron chi connectivity index (χ2n) is 4.91. The van der Waals surface area contributed by atoms with Gasteiger partial charge in [0.2, 0.25) is 5.91 Å². The first-order valence-corrected chi connectivity index (χ1v) is 6.30. The minimum Gasteiger partial charge on any atom is -0.409 e. The van der Waals surface area contributed by atoms with E-state index in [1.165, 1.54) is 0 Å². The van der Waals surface area contributed by atoms with Crippen LogP contribution in [0.1, 0.15) is 32.3 Å². The first-order chi connectivity index (χ1) is 8.97. The van der Waals surface area contributed by atoms with Crippen molar-refractivity contribution in [3.05, 3.63) is 35.9 Å². The van der Waals surface area contributed by atoms with Crippen molar-refractivity contribution in [3.8, 4) is 0 Å². The van der Waals surface area contributed by atoms with Gasteiger partial charge >= 0.3 is 0 Å². The Kier molecular flexibility index (Phi) is 5.36. The molecular formula is C14H21N3O2. The lowest BCUT2D eigenvalue weighted by Gasteiger charge is -2.22. The van der Waals surface area contributed by atoms with Crippen LogP contribution in [0.4, 0.5) is 0 Å². The maximum absolute atomic E-state index is 12.3. The number of nitrogens with two attached hydrogens (primary N) is 1. The van der Waals surface area contributed by atoms with Crippen LogP contribution in [0.3, 0.4) is 0 Å². The quantitative estimate of drug-likeness (QED) is 0.327. The fourth-order valence-electron chi connectivity index (χ4n) is 1.63. The standard InChI is InChI=1S/C14H21N3O2/c1-9(2)10(3)16-14(18)12(13(15)17-19)11-7-5-4-6-8-11/h4-10,12,19H,1-3H3,(H2,15,17)(H,16,18). The molecule has 1 aromatic rings. The Bertz CT molecular complexity index is 443. The molecule has 104 valence electrons. The van der Waals surface area contributed by atoms with Crippen LogP contribution in [-0.4, -0.2) is 23.0 Å². The molecule has 0 saturated heterocycles. The van der Waals surface area contributed by atoms with Crippen molar-refractivity contribution in [2.24, 2.45) is 16.8 Å². The maximum Gasteiger partial charge on any atom is 0.235 e. The van der Waals surface area contributed by atoms with Gasteiger partial charge in [-0.05, 0) is 18.4 Å². The molecular weight excluding hydrogens is 242 g/mol. The third kappa shape index (κ3) is 3.98. The number of nitrogens with one attached hydrogen (secondary N) is 1. The van der Waals surface area contributed by atoms with Gasteiger partial charge in [0.05, 0.1) is 0 Å². The van der Waals surface area contributed by atoms with E-state index in [2.05, 4.69) is 10.5 Å². The predicted molar refractivity (Wildman–Crippen MR) is 75.0 cm³/mol. The van der Waals surface area contributed by atoms with E-state index in [1.54, 1.807) is 12.1 Å². The summed E-state index contributed by atoms with van der Waals surface area (Å²) in [6.45, 7) is 5.97. The van der Waals surface area contributed by atoms with Crippen molar-refractivity contribution in [2.45, 2.75) is 32.7 Å². The van der Waals surface area contributed by atoms with Gasteiger partial charge in [-0.3, -0.25) is 4.79 Å². The average molecular weight is 263 g/mol. The van der Waals surface area contributed by atoms with E-state index in [0.717, 1.165) is 0 Å². The van der Waals surface area contributed by atoms with Crippen molar-refractivity contribution in [1.29, 1.82) is 0 Å². The molecule has 1 rings (SSSR count). The minimum atomic E-state index is -0.771. The first kappa shape index (κ1) is 15.0. The molecule has 0 heterocycles. The number of nitrogens with zero attached hydrogens (tertiary/aromatic N) is 1. The molecule has 0 spiro atoms. The van der Waals surface area contributed by atoms with E-state index in [0.29, 0.717) is 11.5 Å². The van der Waals surface area contributed by atoms with E-state index in [-0.39, 0.29) is 17.8 Å². The third-order valence-corrected chi connectivity index (χ3v) is 3.18. The van der Waals surface area contributed by atoms with E-state index in [1.807, 2.05) is 39.0 Å². The fraction of sp³-hybridized carbons (Fsp3) is 0.429. The van der Waals surface area contributed by atoms with Gasteiger partial charge in [0.1, 0.15) is 5.92 Å². The highest BCUT2D eigenvalue weighted by Gasteiger charge is 2.26. The highest BCUT2D eigenvalue weighted by atomic mass is 16.4. The van der Waals surface area contributed by atoms with Crippen molar-refractivity contribution in [2.75, 3.05) is 0 Å². The SMILES string of the molecule is CC(C)C(C)NC(=O)C(C(N)=NO)c1ccccc1. The topological polar surface area (TPSA) is 87.7 Å². The van der Waals surface area contributed by atoms with Crippen molar-refractivity contribution < 1.29 is 10.0 Å². The van der Waals surface area contributed by atoms with Crippen LogP contribution in [-0.2, 0) is 4.79 Å². The van der Waals surface area contributed by atoms with E-state index < -0.39 is 5.92 Å². The second kappa shape index (κ2) is 6.78. The summed E-state index contributed by atoms with van der Waals surface area (Å²) in [6, 6.07) is 9.05. The van der Waals surface area contributed by atoms with Crippen LogP contribution in [0.2, 0.25) is 0 Å². The Labute approximate surface area is 113 Å². The van der Waals surface area contributed by atoms with Gasteiger partial charge in [-0.25, -0.2) is 0 Å². The number of carbonyl (C=O) groups is 1. The van der Waals surface area contributed by atoms with Gasteiger partial charge in [-0.15, -0.1) is 0 Å². The first-order valence-electron chi connectivity index (χ1n) is 6.30. The minimum absolute atomic E-state index is 0.0187. The zero-order valence-electron chi connectivity index (χ0n) is 11.5. The Morgan fingerprint density at radius 3 is 2.32 bits per heavy atom. The lowest BCUT2D eigenvalue weighted by atomic mass is 9.96. The van der Waals surface area contributed by atoms with Gasteiger partial charge in [0.15, 0.2) is 5.84 Å². The highest BCUT2D eigenvalue weighted by Crippen LogP contribution is 2.17. The monoisotopic (exact) mass is 263 g/mol. The molecule has 1 amide bonds. The number of carbonyl (C=O) groups excluding carboxylic acids is 1. The summed E-state index contributed by atoms with van der Waals surface area (Å²) in [5.41, 5.74) is 6.34. The normalized spacial score (nSPS) is 15.1. The third-order valence-electron chi connectivity index (χ3n) is 3.18. The number of rotatable bonds is 5. The Morgan fingerprint density at radius 2 is 1.84 bits per heavy atom. The number of amidine groups is 1. The molecule has 0 saturated carbocycles. The van der Waals surface area contributed by atoms with Gasteiger partial charge in [-0.2, -0.15) is 0 Å². The molecule has 5 heteroatoms. The lowest BCUT2D eigenvalue weighted by molar-refractivity contribution is -0.122. The molecule has 2 atom stereocenters. The van der Waals surface area contributed by atoms with Crippen LogP contribution < -0.4 is 11.1 Å². The average Bonchev–Trinajstić information content (AvgIpc) is 2.39. The summed E-state index contributed by atoms with van der Waals surface area (Å²) < 4.78 is 0. The van der Waals surface area contributed by atoms with Gasteiger partial charge in [-0.1, -0.05) is 49.3 Å². The summed E-state index contributed by atoms with van der Waals surface area (Å²) in [6.07, 6.45) is 0. The van der Waals surface area contributed by atoms with E-state index in [9.17, 15) is 4.79 Å². The molecule has 1 aromatic carbocycles. The Hall–Kier alpha value is -2.04. The number of hydrogen-bond donors (Lipinski definition) is 3. The molecule has 2 unspecified atom stereocenters. The molecule has 0 aliphatic carbocycles. The lowest BCUT2D eigenvalue weighted by Crippen LogP contribution is -2.43. The largest absolute Gasteiger partial charge is 0.409 e. The molecule has 0 radical (unpaired) electrons. The zero-order chi connectivity index (χ0) is 14.4. The Morgan fingerprint density at radius 1 is 1.26 bits per heavy atom.